The van der Waals surface area contributed by atoms with Gasteiger partial charge in [0, 0.05) is 18.1 Å². The van der Waals surface area contributed by atoms with Crippen molar-refractivity contribution >= 4 is 11.3 Å². The van der Waals surface area contributed by atoms with Gasteiger partial charge in [-0.05, 0) is 37.6 Å². The van der Waals surface area contributed by atoms with Crippen LogP contribution < -0.4 is 0 Å². The second-order valence-electron chi connectivity index (χ2n) is 5.46. The molecule has 0 radical (unpaired) electrons. The monoisotopic (exact) mass is 331 g/mol. The van der Waals surface area contributed by atoms with Gasteiger partial charge in [0.15, 0.2) is 5.82 Å². The van der Waals surface area contributed by atoms with Gasteiger partial charge in [0.1, 0.15) is 15.7 Å². The Kier molecular flexibility index (Phi) is 3.66. The van der Waals surface area contributed by atoms with Crippen molar-refractivity contribution < 1.29 is 13.7 Å². The van der Waals surface area contributed by atoms with Gasteiger partial charge in [-0.1, -0.05) is 5.16 Å². The van der Waals surface area contributed by atoms with E-state index in [1.54, 1.807) is 12.1 Å². The summed E-state index contributed by atoms with van der Waals surface area (Å²) in [6.07, 6.45) is 0.918. The molecule has 1 fully saturated rings. The number of thiazole rings is 1. The van der Waals surface area contributed by atoms with E-state index in [0.29, 0.717) is 18.3 Å². The standard InChI is InChI=1S/C16H14FN3O2S/c1-9-13(15-19-14(20-22-15)11-6-7-21-8-11)23-16(18-9)10-2-4-12(17)5-3-10/h2-5,11H,6-8H2,1H3/t11-/m1/s1. The van der Waals surface area contributed by atoms with Gasteiger partial charge in [-0.25, -0.2) is 9.37 Å². The third-order valence-electron chi connectivity index (χ3n) is 3.82. The number of hydrogen-bond donors (Lipinski definition) is 0. The molecule has 5 nitrogen and oxygen atoms in total. The summed E-state index contributed by atoms with van der Waals surface area (Å²) < 4.78 is 23.8. The molecule has 4 rings (SSSR count). The molecular formula is C16H14FN3O2S. The molecule has 1 aromatic carbocycles. The van der Waals surface area contributed by atoms with Crippen LogP contribution in [0.5, 0.6) is 0 Å². The number of aryl methyl sites for hydroxylation is 1. The second-order valence-corrected chi connectivity index (χ2v) is 6.46. The summed E-state index contributed by atoms with van der Waals surface area (Å²) in [4.78, 5) is 9.88. The topological polar surface area (TPSA) is 61.0 Å². The van der Waals surface area contributed by atoms with Crippen molar-refractivity contribution in [1.82, 2.24) is 15.1 Å². The Balaban J connectivity index is 1.65. The van der Waals surface area contributed by atoms with Gasteiger partial charge in [0.05, 0.1) is 12.3 Å². The molecule has 7 heteroatoms. The third kappa shape index (κ3) is 2.77. The quantitative estimate of drug-likeness (QED) is 0.730. The predicted octanol–water partition coefficient (Wildman–Crippen LogP) is 3.81. The van der Waals surface area contributed by atoms with Crippen molar-refractivity contribution in [1.29, 1.82) is 0 Å². The summed E-state index contributed by atoms with van der Waals surface area (Å²) in [7, 11) is 0. The first kappa shape index (κ1) is 14.5. The number of aromatic nitrogens is 3. The molecule has 1 saturated heterocycles. The van der Waals surface area contributed by atoms with Crippen LogP contribution in [-0.2, 0) is 4.74 Å². The Labute approximate surface area is 136 Å². The van der Waals surface area contributed by atoms with Gasteiger partial charge in [-0.15, -0.1) is 11.3 Å². The van der Waals surface area contributed by atoms with E-state index in [0.717, 1.165) is 34.2 Å². The highest BCUT2D eigenvalue weighted by Crippen LogP contribution is 2.35. The predicted molar refractivity (Wildman–Crippen MR) is 83.7 cm³/mol. The summed E-state index contributed by atoms with van der Waals surface area (Å²) in [6, 6.07) is 6.28. The van der Waals surface area contributed by atoms with Crippen molar-refractivity contribution in [2.24, 2.45) is 0 Å². The first-order valence-electron chi connectivity index (χ1n) is 7.36. The molecule has 0 unspecified atom stereocenters. The molecule has 0 saturated carbocycles. The van der Waals surface area contributed by atoms with Crippen molar-refractivity contribution in [2.45, 2.75) is 19.3 Å². The van der Waals surface area contributed by atoms with E-state index in [-0.39, 0.29) is 11.7 Å². The SMILES string of the molecule is Cc1nc(-c2ccc(F)cc2)sc1-c1nc([C@@H]2CCOC2)no1. The zero-order chi connectivity index (χ0) is 15.8. The Morgan fingerprint density at radius 1 is 1.22 bits per heavy atom. The molecule has 3 heterocycles. The summed E-state index contributed by atoms with van der Waals surface area (Å²) >= 11 is 1.47. The van der Waals surface area contributed by atoms with Crippen LogP contribution in [0, 0.1) is 12.7 Å². The third-order valence-corrected chi connectivity index (χ3v) is 5.01. The van der Waals surface area contributed by atoms with E-state index in [9.17, 15) is 4.39 Å². The number of hydrogen-bond acceptors (Lipinski definition) is 6. The van der Waals surface area contributed by atoms with Crippen molar-refractivity contribution in [3.8, 4) is 21.3 Å². The highest BCUT2D eigenvalue weighted by atomic mass is 32.1. The first-order valence-corrected chi connectivity index (χ1v) is 8.17. The van der Waals surface area contributed by atoms with Gasteiger partial charge in [0.25, 0.3) is 5.89 Å². The molecule has 23 heavy (non-hydrogen) atoms. The summed E-state index contributed by atoms with van der Waals surface area (Å²) in [5.41, 5.74) is 1.70. The Hall–Kier alpha value is -2.12. The second kappa shape index (κ2) is 5.82. The molecule has 0 spiro atoms. The van der Waals surface area contributed by atoms with Gasteiger partial charge in [0.2, 0.25) is 0 Å². The lowest BCUT2D eigenvalue weighted by atomic mass is 10.1. The lowest BCUT2D eigenvalue weighted by Gasteiger charge is -1.97. The van der Waals surface area contributed by atoms with E-state index >= 15 is 0 Å². The van der Waals surface area contributed by atoms with Crippen molar-refractivity contribution in [2.75, 3.05) is 13.2 Å². The maximum Gasteiger partial charge on any atom is 0.269 e. The normalized spacial score (nSPS) is 17.7. The van der Waals surface area contributed by atoms with Crippen LogP contribution in [0.4, 0.5) is 4.39 Å². The number of benzene rings is 1. The van der Waals surface area contributed by atoms with Crippen LogP contribution in [0.3, 0.4) is 0 Å². The van der Waals surface area contributed by atoms with Crippen molar-refractivity contribution in [3.05, 3.63) is 41.6 Å². The molecule has 0 N–H and O–H groups in total. The summed E-state index contributed by atoms with van der Waals surface area (Å²) in [6.45, 7) is 3.28. The van der Waals surface area contributed by atoms with Gasteiger partial charge in [-0.2, -0.15) is 4.98 Å². The van der Waals surface area contributed by atoms with Crippen LogP contribution in [0.25, 0.3) is 21.3 Å². The average Bonchev–Trinajstić information content (AvgIpc) is 3.27. The maximum absolute atomic E-state index is 13.0. The van der Waals surface area contributed by atoms with Crippen LogP contribution in [0.2, 0.25) is 0 Å². The lowest BCUT2D eigenvalue weighted by molar-refractivity contribution is 0.192. The average molecular weight is 331 g/mol. The molecule has 0 aliphatic carbocycles. The van der Waals surface area contributed by atoms with E-state index in [1.807, 2.05) is 6.92 Å². The molecular weight excluding hydrogens is 317 g/mol. The molecule has 1 aliphatic heterocycles. The Bertz CT molecular complexity index is 822. The molecule has 0 amide bonds. The fraction of sp³-hybridized carbons (Fsp3) is 0.312. The lowest BCUT2D eigenvalue weighted by Crippen LogP contribution is -1.99. The minimum Gasteiger partial charge on any atom is -0.381 e. The van der Waals surface area contributed by atoms with E-state index in [2.05, 4.69) is 15.1 Å². The van der Waals surface area contributed by atoms with Gasteiger partial charge < -0.3 is 9.26 Å². The van der Waals surface area contributed by atoms with Crippen LogP contribution >= 0.6 is 11.3 Å². The highest BCUT2D eigenvalue weighted by molar-refractivity contribution is 7.18. The Morgan fingerprint density at radius 2 is 2.04 bits per heavy atom. The minimum atomic E-state index is -0.262. The van der Waals surface area contributed by atoms with Crippen LogP contribution in [0.15, 0.2) is 28.8 Å². The molecule has 1 aliphatic rings. The van der Waals surface area contributed by atoms with E-state index in [4.69, 9.17) is 9.26 Å². The zero-order valence-corrected chi connectivity index (χ0v) is 13.3. The van der Waals surface area contributed by atoms with Crippen molar-refractivity contribution in [3.63, 3.8) is 0 Å². The van der Waals surface area contributed by atoms with Crippen LogP contribution in [-0.4, -0.2) is 28.3 Å². The number of halogens is 1. The molecule has 1 atom stereocenters. The number of nitrogens with zero attached hydrogens (tertiary/aromatic N) is 3. The smallest absolute Gasteiger partial charge is 0.269 e. The highest BCUT2D eigenvalue weighted by Gasteiger charge is 2.25. The zero-order valence-electron chi connectivity index (χ0n) is 12.5. The van der Waals surface area contributed by atoms with Gasteiger partial charge >= 0.3 is 0 Å². The number of ether oxygens (including phenoxy) is 1. The molecule has 2 aromatic heterocycles. The fourth-order valence-corrected chi connectivity index (χ4v) is 3.54. The fourth-order valence-electron chi connectivity index (χ4n) is 2.54. The van der Waals surface area contributed by atoms with E-state index in [1.165, 1.54) is 23.5 Å². The molecule has 3 aromatic rings. The first-order chi connectivity index (χ1) is 11.2. The molecule has 118 valence electrons. The van der Waals surface area contributed by atoms with Gasteiger partial charge in [-0.3, -0.25) is 0 Å². The Morgan fingerprint density at radius 3 is 2.78 bits per heavy atom. The minimum absolute atomic E-state index is 0.206. The summed E-state index contributed by atoms with van der Waals surface area (Å²) in [5, 5.41) is 4.88. The van der Waals surface area contributed by atoms with Crippen LogP contribution in [0.1, 0.15) is 23.9 Å². The largest absolute Gasteiger partial charge is 0.381 e. The maximum atomic E-state index is 13.0. The number of rotatable bonds is 3. The van der Waals surface area contributed by atoms with E-state index < -0.39 is 0 Å². The summed E-state index contributed by atoms with van der Waals surface area (Å²) in [5.74, 6) is 1.11. The molecule has 0 bridgehead atoms.